The van der Waals surface area contributed by atoms with Crippen LogP contribution in [0.15, 0.2) is 24.3 Å². The van der Waals surface area contributed by atoms with Crippen LogP contribution in [0.1, 0.15) is 12.5 Å². The van der Waals surface area contributed by atoms with Crippen LogP contribution < -0.4 is 0 Å². The quantitative estimate of drug-likeness (QED) is 0.673. The number of esters is 1. The van der Waals surface area contributed by atoms with Crippen molar-refractivity contribution >= 4 is 5.97 Å². The molecule has 0 saturated heterocycles. The molecule has 0 bridgehead atoms. The first-order valence-electron chi connectivity index (χ1n) is 4.95. The molecule has 0 aromatic heterocycles. The molecule has 1 unspecified atom stereocenters. The number of hydrogen-bond donors (Lipinski definition) is 1. The first-order chi connectivity index (χ1) is 8.23. The van der Waals surface area contributed by atoms with Crippen molar-refractivity contribution in [2.45, 2.75) is 18.7 Å². The fourth-order valence-electron chi connectivity index (χ4n) is 1.32. The van der Waals surface area contributed by atoms with E-state index in [1.54, 1.807) is 0 Å². The third kappa shape index (κ3) is 2.45. The Morgan fingerprint density at radius 3 is 2.17 bits per heavy atom. The van der Waals surface area contributed by atoms with E-state index in [4.69, 9.17) is 0 Å². The van der Waals surface area contributed by atoms with Gasteiger partial charge in [0.1, 0.15) is 5.82 Å². The van der Waals surface area contributed by atoms with E-state index in [-0.39, 0.29) is 6.61 Å². The van der Waals surface area contributed by atoms with E-state index >= 15 is 0 Å². The third-order valence-corrected chi connectivity index (χ3v) is 2.24. The lowest BCUT2D eigenvalue weighted by Crippen LogP contribution is -2.50. The highest BCUT2D eigenvalue weighted by atomic mass is 19.4. The Morgan fingerprint density at radius 1 is 1.28 bits per heavy atom. The Bertz CT molecular complexity index is 427. The van der Waals surface area contributed by atoms with E-state index in [1.165, 1.54) is 6.92 Å². The van der Waals surface area contributed by atoms with E-state index in [9.17, 15) is 27.5 Å². The molecule has 7 heteroatoms. The van der Waals surface area contributed by atoms with Crippen molar-refractivity contribution < 1.29 is 32.2 Å². The van der Waals surface area contributed by atoms with Crippen LogP contribution in [0.25, 0.3) is 0 Å². The molecule has 1 aromatic carbocycles. The molecular weight excluding hydrogens is 256 g/mol. The summed E-state index contributed by atoms with van der Waals surface area (Å²) in [6.45, 7) is 0.984. The SMILES string of the molecule is CCOC(=O)C(O)(c1ccc(F)cc1)C(F)(F)F. The second-order valence-electron chi connectivity index (χ2n) is 3.44. The maximum Gasteiger partial charge on any atom is 0.432 e. The smallest absolute Gasteiger partial charge is 0.432 e. The minimum absolute atomic E-state index is 0.321. The molecule has 0 amide bonds. The van der Waals surface area contributed by atoms with Gasteiger partial charge in [0.05, 0.1) is 6.61 Å². The average molecular weight is 266 g/mol. The molecule has 0 heterocycles. The van der Waals surface area contributed by atoms with Crippen LogP contribution in [0.5, 0.6) is 0 Å². The summed E-state index contributed by atoms with van der Waals surface area (Å²) >= 11 is 0. The molecule has 1 N–H and O–H groups in total. The van der Waals surface area contributed by atoms with E-state index < -0.39 is 29.1 Å². The number of alkyl halides is 3. The maximum absolute atomic E-state index is 12.8. The van der Waals surface area contributed by atoms with Crippen LogP contribution in [-0.2, 0) is 15.1 Å². The summed E-state index contributed by atoms with van der Waals surface area (Å²) in [5.41, 5.74) is -4.59. The van der Waals surface area contributed by atoms with E-state index in [2.05, 4.69) is 4.74 Å². The highest BCUT2D eigenvalue weighted by Gasteiger charge is 2.62. The molecule has 0 aliphatic rings. The monoisotopic (exact) mass is 266 g/mol. The predicted molar refractivity (Wildman–Crippen MR) is 53.0 cm³/mol. The maximum atomic E-state index is 12.8. The number of benzene rings is 1. The molecule has 0 fully saturated rings. The van der Waals surface area contributed by atoms with Gasteiger partial charge in [-0.25, -0.2) is 9.18 Å². The van der Waals surface area contributed by atoms with Crippen molar-refractivity contribution in [3.63, 3.8) is 0 Å². The Kier molecular flexibility index (Phi) is 3.95. The summed E-state index contributed by atoms with van der Waals surface area (Å²) < 4.78 is 55.3. The topological polar surface area (TPSA) is 46.5 Å². The van der Waals surface area contributed by atoms with Crippen LogP contribution in [0.3, 0.4) is 0 Å². The lowest BCUT2D eigenvalue weighted by Gasteiger charge is -2.28. The number of carbonyl (C=O) groups excluding carboxylic acids is 1. The fourth-order valence-corrected chi connectivity index (χ4v) is 1.32. The molecule has 18 heavy (non-hydrogen) atoms. The molecule has 1 atom stereocenters. The van der Waals surface area contributed by atoms with Crippen molar-refractivity contribution in [1.82, 2.24) is 0 Å². The lowest BCUT2D eigenvalue weighted by atomic mass is 9.93. The summed E-state index contributed by atoms with van der Waals surface area (Å²) in [5.74, 6) is -2.63. The minimum Gasteiger partial charge on any atom is -0.463 e. The van der Waals surface area contributed by atoms with Crippen molar-refractivity contribution in [1.29, 1.82) is 0 Å². The normalized spacial score (nSPS) is 15.0. The number of rotatable bonds is 3. The zero-order chi connectivity index (χ0) is 14.0. The Balaban J connectivity index is 3.29. The van der Waals surface area contributed by atoms with Gasteiger partial charge in [-0.1, -0.05) is 12.1 Å². The van der Waals surface area contributed by atoms with Crippen LogP contribution in [0.2, 0.25) is 0 Å². The Morgan fingerprint density at radius 2 is 1.78 bits per heavy atom. The fraction of sp³-hybridized carbons (Fsp3) is 0.364. The summed E-state index contributed by atoms with van der Waals surface area (Å²) in [7, 11) is 0. The van der Waals surface area contributed by atoms with Crippen LogP contribution in [0, 0.1) is 5.82 Å². The summed E-state index contributed by atoms with van der Waals surface area (Å²) in [5, 5.41) is 9.59. The van der Waals surface area contributed by atoms with Crippen molar-refractivity contribution in [3.05, 3.63) is 35.6 Å². The zero-order valence-corrected chi connectivity index (χ0v) is 9.29. The van der Waals surface area contributed by atoms with Crippen molar-refractivity contribution in [2.75, 3.05) is 6.61 Å². The molecule has 3 nitrogen and oxygen atoms in total. The molecule has 0 aliphatic carbocycles. The van der Waals surface area contributed by atoms with Gasteiger partial charge in [-0.15, -0.1) is 0 Å². The first kappa shape index (κ1) is 14.4. The largest absolute Gasteiger partial charge is 0.463 e. The first-order valence-corrected chi connectivity index (χ1v) is 4.95. The average Bonchev–Trinajstić information content (AvgIpc) is 2.27. The number of aliphatic hydroxyl groups is 1. The molecule has 0 spiro atoms. The van der Waals surface area contributed by atoms with Gasteiger partial charge >= 0.3 is 12.1 Å². The van der Waals surface area contributed by atoms with Gasteiger partial charge in [-0.3, -0.25) is 0 Å². The highest BCUT2D eigenvalue weighted by molar-refractivity contribution is 5.82. The van der Waals surface area contributed by atoms with Crippen molar-refractivity contribution in [3.8, 4) is 0 Å². The molecule has 0 aliphatic heterocycles. The van der Waals surface area contributed by atoms with Gasteiger partial charge in [0.2, 0.25) is 0 Å². The second kappa shape index (κ2) is 4.93. The molecule has 1 rings (SSSR count). The number of halogens is 4. The standard InChI is InChI=1S/C11H10F4O3/c1-2-18-9(16)10(17,11(13,14)15)7-3-5-8(12)6-4-7/h3-6,17H,2H2,1H3. The number of ether oxygens (including phenoxy) is 1. The van der Waals surface area contributed by atoms with Gasteiger partial charge in [0.15, 0.2) is 0 Å². The number of hydrogen-bond acceptors (Lipinski definition) is 3. The predicted octanol–water partition coefficient (Wildman–Crippen LogP) is 2.14. The molecule has 1 aromatic rings. The molecule has 0 radical (unpaired) electrons. The molecule has 100 valence electrons. The van der Waals surface area contributed by atoms with Crippen LogP contribution in [0.4, 0.5) is 17.6 Å². The van der Waals surface area contributed by atoms with Crippen LogP contribution in [-0.4, -0.2) is 23.9 Å². The highest BCUT2D eigenvalue weighted by Crippen LogP contribution is 2.40. The molecular formula is C11H10F4O3. The van der Waals surface area contributed by atoms with Gasteiger partial charge in [-0.05, 0) is 19.1 Å². The van der Waals surface area contributed by atoms with E-state index in [1.807, 2.05) is 0 Å². The van der Waals surface area contributed by atoms with E-state index in [0.29, 0.717) is 24.3 Å². The zero-order valence-electron chi connectivity index (χ0n) is 9.29. The van der Waals surface area contributed by atoms with Crippen molar-refractivity contribution in [2.24, 2.45) is 0 Å². The minimum atomic E-state index is -5.27. The summed E-state index contributed by atoms with van der Waals surface area (Å²) in [6, 6.07) is 2.79. The van der Waals surface area contributed by atoms with Gasteiger partial charge < -0.3 is 9.84 Å². The third-order valence-electron chi connectivity index (χ3n) is 2.24. The van der Waals surface area contributed by atoms with Gasteiger partial charge in [0.25, 0.3) is 5.60 Å². The van der Waals surface area contributed by atoms with Crippen LogP contribution >= 0.6 is 0 Å². The number of carbonyl (C=O) groups is 1. The summed E-state index contributed by atoms with van der Waals surface area (Å²) in [4.78, 5) is 11.3. The van der Waals surface area contributed by atoms with Gasteiger partial charge in [-0.2, -0.15) is 13.2 Å². The summed E-state index contributed by atoms with van der Waals surface area (Å²) in [6.07, 6.45) is -5.27. The second-order valence-corrected chi connectivity index (χ2v) is 3.44. The van der Waals surface area contributed by atoms with Gasteiger partial charge in [0, 0.05) is 5.56 Å². The lowest BCUT2D eigenvalue weighted by molar-refractivity contribution is -0.267. The van der Waals surface area contributed by atoms with E-state index in [0.717, 1.165) is 0 Å². The Hall–Kier alpha value is -1.63. The molecule has 0 saturated carbocycles. The Labute approximate surface area is 100.0 Å².